The summed E-state index contributed by atoms with van der Waals surface area (Å²) in [5.41, 5.74) is 2.65. The van der Waals surface area contributed by atoms with Gasteiger partial charge in [-0.2, -0.15) is 0 Å². The van der Waals surface area contributed by atoms with Gasteiger partial charge >= 0.3 is 0 Å². The van der Waals surface area contributed by atoms with E-state index in [-0.39, 0.29) is 5.91 Å². The van der Waals surface area contributed by atoms with E-state index in [0.29, 0.717) is 11.8 Å². The number of hydrogen-bond acceptors (Lipinski definition) is 2. The van der Waals surface area contributed by atoms with Crippen molar-refractivity contribution >= 4 is 17.7 Å². The highest BCUT2D eigenvalue weighted by molar-refractivity contribution is 7.99. The van der Waals surface area contributed by atoms with Crippen LogP contribution in [-0.4, -0.2) is 17.7 Å². The largest absolute Gasteiger partial charge is 0.352 e. The molecule has 0 spiro atoms. The molecule has 1 amide bonds. The first-order valence-electron chi connectivity index (χ1n) is 7.64. The number of aryl methyl sites for hydroxylation is 1. The molecule has 2 aliphatic carbocycles. The first-order chi connectivity index (χ1) is 9.72. The maximum atomic E-state index is 12.0. The molecule has 0 aliphatic heterocycles. The molecule has 0 saturated heterocycles. The maximum absolute atomic E-state index is 12.0. The third kappa shape index (κ3) is 3.20. The van der Waals surface area contributed by atoms with Gasteiger partial charge in [0.2, 0.25) is 5.91 Å². The summed E-state index contributed by atoms with van der Waals surface area (Å²) in [5, 5.41) is 3.25. The van der Waals surface area contributed by atoms with E-state index in [2.05, 4.69) is 36.5 Å². The summed E-state index contributed by atoms with van der Waals surface area (Å²) >= 11 is 1.72. The number of rotatable bonds is 5. The van der Waals surface area contributed by atoms with Crippen molar-refractivity contribution in [2.24, 2.45) is 11.8 Å². The van der Waals surface area contributed by atoms with Gasteiger partial charge in [0.05, 0.1) is 5.75 Å². The zero-order chi connectivity index (χ0) is 13.9. The molecule has 1 aromatic rings. The van der Waals surface area contributed by atoms with Crippen LogP contribution in [0.15, 0.2) is 24.3 Å². The molecule has 2 fully saturated rings. The van der Waals surface area contributed by atoms with E-state index in [9.17, 15) is 4.79 Å². The molecule has 108 valence electrons. The number of hydrogen-bond donors (Lipinski definition) is 1. The second-order valence-corrected chi connectivity index (χ2v) is 7.25. The second kappa shape index (κ2) is 6.21. The SMILES string of the molecule is Cc1ccccc1CSCC(=O)N[C@@H]1C[C@@H]2CC[C@H]1C2. The summed E-state index contributed by atoms with van der Waals surface area (Å²) in [4.78, 5) is 12.0. The van der Waals surface area contributed by atoms with Gasteiger partial charge in [0.15, 0.2) is 0 Å². The number of nitrogens with one attached hydrogen (secondary N) is 1. The van der Waals surface area contributed by atoms with Gasteiger partial charge in [0, 0.05) is 11.8 Å². The Hall–Kier alpha value is -0.960. The van der Waals surface area contributed by atoms with Crippen molar-refractivity contribution in [3.8, 4) is 0 Å². The van der Waals surface area contributed by atoms with Crippen molar-refractivity contribution in [3.05, 3.63) is 35.4 Å². The van der Waals surface area contributed by atoms with Crippen molar-refractivity contribution in [2.75, 3.05) is 5.75 Å². The lowest BCUT2D eigenvalue weighted by molar-refractivity contribution is -0.119. The van der Waals surface area contributed by atoms with Gasteiger partial charge in [0.25, 0.3) is 0 Å². The summed E-state index contributed by atoms with van der Waals surface area (Å²) in [7, 11) is 0. The molecule has 0 aromatic heterocycles. The highest BCUT2D eigenvalue weighted by Crippen LogP contribution is 2.44. The van der Waals surface area contributed by atoms with Crippen LogP contribution in [0, 0.1) is 18.8 Å². The number of carbonyl (C=O) groups is 1. The highest BCUT2D eigenvalue weighted by atomic mass is 32.2. The predicted molar refractivity (Wildman–Crippen MR) is 84.7 cm³/mol. The Labute approximate surface area is 125 Å². The van der Waals surface area contributed by atoms with E-state index in [0.717, 1.165) is 17.6 Å². The Balaban J connectivity index is 1.40. The van der Waals surface area contributed by atoms with Gasteiger partial charge in [0.1, 0.15) is 0 Å². The summed E-state index contributed by atoms with van der Waals surface area (Å²) in [6.45, 7) is 2.13. The molecule has 0 heterocycles. The summed E-state index contributed by atoms with van der Waals surface area (Å²) in [5.74, 6) is 3.40. The van der Waals surface area contributed by atoms with Crippen LogP contribution >= 0.6 is 11.8 Å². The minimum absolute atomic E-state index is 0.223. The van der Waals surface area contributed by atoms with Gasteiger partial charge in [-0.3, -0.25) is 4.79 Å². The van der Waals surface area contributed by atoms with Crippen LogP contribution in [0.5, 0.6) is 0 Å². The van der Waals surface area contributed by atoms with E-state index in [1.54, 1.807) is 11.8 Å². The zero-order valence-electron chi connectivity index (χ0n) is 12.1. The molecule has 2 aliphatic rings. The summed E-state index contributed by atoms with van der Waals surface area (Å²) in [6.07, 6.45) is 5.28. The Morgan fingerprint density at radius 2 is 2.15 bits per heavy atom. The van der Waals surface area contributed by atoms with Crippen molar-refractivity contribution in [2.45, 2.75) is 44.4 Å². The number of thioether (sulfide) groups is 1. The van der Waals surface area contributed by atoms with Crippen LogP contribution in [0.1, 0.15) is 36.8 Å². The fraction of sp³-hybridized carbons (Fsp3) is 0.588. The Morgan fingerprint density at radius 1 is 1.30 bits per heavy atom. The third-order valence-electron chi connectivity index (χ3n) is 4.84. The van der Waals surface area contributed by atoms with Gasteiger partial charge in [-0.25, -0.2) is 0 Å². The third-order valence-corrected chi connectivity index (χ3v) is 5.82. The van der Waals surface area contributed by atoms with Crippen LogP contribution in [0.2, 0.25) is 0 Å². The fourth-order valence-corrected chi connectivity index (χ4v) is 4.61. The molecular weight excluding hydrogens is 266 g/mol. The lowest BCUT2D eigenvalue weighted by atomic mass is 9.95. The van der Waals surface area contributed by atoms with E-state index in [4.69, 9.17) is 0 Å². The van der Waals surface area contributed by atoms with Gasteiger partial charge in [-0.05, 0) is 49.1 Å². The van der Waals surface area contributed by atoms with Crippen LogP contribution in [0.4, 0.5) is 0 Å². The normalized spacial score (nSPS) is 27.8. The molecule has 0 radical (unpaired) electrons. The van der Waals surface area contributed by atoms with Crippen LogP contribution in [-0.2, 0) is 10.5 Å². The minimum atomic E-state index is 0.223. The molecule has 0 unspecified atom stereocenters. The number of carbonyl (C=O) groups excluding carboxylic acids is 1. The molecule has 2 nitrogen and oxygen atoms in total. The van der Waals surface area contributed by atoms with Gasteiger partial charge in [-0.1, -0.05) is 30.7 Å². The van der Waals surface area contributed by atoms with Gasteiger partial charge in [-0.15, -0.1) is 11.8 Å². The monoisotopic (exact) mass is 289 g/mol. The fourth-order valence-electron chi connectivity index (χ4n) is 3.70. The molecule has 3 atom stereocenters. The molecule has 3 heteroatoms. The van der Waals surface area contributed by atoms with Gasteiger partial charge < -0.3 is 5.32 Å². The average Bonchev–Trinajstić information content (AvgIpc) is 3.03. The maximum Gasteiger partial charge on any atom is 0.230 e. The molecule has 20 heavy (non-hydrogen) atoms. The highest BCUT2D eigenvalue weighted by Gasteiger charge is 2.39. The molecule has 1 aromatic carbocycles. The Bertz CT molecular complexity index is 488. The second-order valence-electron chi connectivity index (χ2n) is 6.27. The van der Waals surface area contributed by atoms with Crippen molar-refractivity contribution in [1.29, 1.82) is 0 Å². The molecule has 2 saturated carbocycles. The average molecular weight is 289 g/mol. The van der Waals surface area contributed by atoms with Crippen LogP contribution < -0.4 is 5.32 Å². The molecule has 1 N–H and O–H groups in total. The molecular formula is C17H23NOS. The lowest BCUT2D eigenvalue weighted by Crippen LogP contribution is -2.39. The quantitative estimate of drug-likeness (QED) is 0.898. The van der Waals surface area contributed by atoms with Crippen molar-refractivity contribution in [3.63, 3.8) is 0 Å². The Morgan fingerprint density at radius 3 is 2.85 bits per heavy atom. The van der Waals surface area contributed by atoms with E-state index in [1.165, 1.54) is 36.8 Å². The van der Waals surface area contributed by atoms with Crippen LogP contribution in [0.25, 0.3) is 0 Å². The summed E-state index contributed by atoms with van der Waals surface area (Å²) in [6, 6.07) is 8.88. The molecule has 2 bridgehead atoms. The first kappa shape index (κ1) is 14.0. The first-order valence-corrected chi connectivity index (χ1v) is 8.79. The van der Waals surface area contributed by atoms with E-state index < -0.39 is 0 Å². The topological polar surface area (TPSA) is 29.1 Å². The van der Waals surface area contributed by atoms with E-state index in [1.807, 2.05) is 0 Å². The Kier molecular flexibility index (Phi) is 4.35. The standard InChI is InChI=1S/C17H23NOS/c1-12-4-2-3-5-15(12)10-20-11-17(19)18-16-9-13-6-7-14(16)8-13/h2-5,13-14,16H,6-11H2,1H3,(H,18,19)/t13-,14+,16-/m1/s1. The zero-order valence-corrected chi connectivity index (χ0v) is 12.9. The number of benzene rings is 1. The smallest absolute Gasteiger partial charge is 0.230 e. The number of amides is 1. The lowest BCUT2D eigenvalue weighted by Gasteiger charge is -2.22. The minimum Gasteiger partial charge on any atom is -0.352 e. The van der Waals surface area contributed by atoms with Crippen molar-refractivity contribution in [1.82, 2.24) is 5.32 Å². The molecule has 3 rings (SSSR count). The van der Waals surface area contributed by atoms with Crippen molar-refractivity contribution < 1.29 is 4.79 Å². The van der Waals surface area contributed by atoms with Crippen LogP contribution in [0.3, 0.4) is 0 Å². The predicted octanol–water partition coefficient (Wildman–Crippen LogP) is 3.53. The number of fused-ring (bicyclic) bond motifs is 2. The summed E-state index contributed by atoms with van der Waals surface area (Å²) < 4.78 is 0. The van der Waals surface area contributed by atoms with E-state index >= 15 is 0 Å².